The van der Waals surface area contributed by atoms with Gasteiger partial charge in [0.25, 0.3) is 0 Å². The summed E-state index contributed by atoms with van der Waals surface area (Å²) >= 11 is 1.68. The summed E-state index contributed by atoms with van der Waals surface area (Å²) in [6, 6.07) is 2.66. The first kappa shape index (κ1) is 13.2. The largest absolute Gasteiger partial charge is 0.478 e. The third-order valence-corrected chi connectivity index (χ3v) is 4.14. The molecule has 104 valence electrons. The van der Waals surface area contributed by atoms with E-state index in [-0.39, 0.29) is 5.56 Å². The lowest BCUT2D eigenvalue weighted by atomic mass is 10.2. The maximum Gasteiger partial charge on any atom is 0.339 e. The van der Waals surface area contributed by atoms with Crippen molar-refractivity contribution in [2.75, 3.05) is 0 Å². The Balaban J connectivity index is 1.78. The van der Waals surface area contributed by atoms with Crippen molar-refractivity contribution in [3.05, 3.63) is 46.2 Å². The van der Waals surface area contributed by atoms with Crippen LogP contribution in [0.25, 0.3) is 0 Å². The summed E-state index contributed by atoms with van der Waals surface area (Å²) in [7, 11) is 0. The molecule has 0 spiro atoms. The van der Waals surface area contributed by atoms with E-state index < -0.39 is 5.97 Å². The van der Waals surface area contributed by atoms with Gasteiger partial charge >= 0.3 is 5.97 Å². The van der Waals surface area contributed by atoms with Gasteiger partial charge in [-0.05, 0) is 35.2 Å². The molecule has 0 saturated heterocycles. The number of thiophene rings is 1. The Hall–Kier alpha value is -1.79. The molecular formula is C14H15N3O2S. The summed E-state index contributed by atoms with van der Waals surface area (Å²) in [5.41, 5.74) is 2.06. The molecule has 1 N–H and O–H groups in total. The van der Waals surface area contributed by atoms with Crippen molar-refractivity contribution in [3.63, 3.8) is 0 Å². The maximum atomic E-state index is 11.2. The van der Waals surface area contributed by atoms with Gasteiger partial charge in [0.15, 0.2) is 0 Å². The second-order valence-electron chi connectivity index (χ2n) is 4.96. The van der Waals surface area contributed by atoms with Gasteiger partial charge in [0.05, 0.1) is 5.69 Å². The number of hydrogen-bond acceptors (Lipinski definition) is 5. The average Bonchev–Trinajstić information content (AvgIpc) is 3.17. The van der Waals surface area contributed by atoms with E-state index in [9.17, 15) is 9.90 Å². The van der Waals surface area contributed by atoms with Gasteiger partial charge in [-0.15, -0.1) is 0 Å². The monoisotopic (exact) mass is 289 g/mol. The Kier molecular flexibility index (Phi) is 3.75. The molecule has 20 heavy (non-hydrogen) atoms. The van der Waals surface area contributed by atoms with Crippen molar-refractivity contribution in [1.29, 1.82) is 0 Å². The van der Waals surface area contributed by atoms with Gasteiger partial charge in [-0.2, -0.15) is 11.3 Å². The minimum absolute atomic E-state index is 0.198. The van der Waals surface area contributed by atoms with Crippen molar-refractivity contribution in [1.82, 2.24) is 14.9 Å². The van der Waals surface area contributed by atoms with Crippen LogP contribution in [0.15, 0.2) is 29.4 Å². The van der Waals surface area contributed by atoms with E-state index in [1.54, 1.807) is 11.3 Å². The van der Waals surface area contributed by atoms with E-state index in [0.717, 1.165) is 6.54 Å². The molecule has 1 aliphatic rings. The van der Waals surface area contributed by atoms with Crippen LogP contribution < -0.4 is 0 Å². The molecule has 2 aromatic heterocycles. The van der Waals surface area contributed by atoms with Crippen molar-refractivity contribution in [3.8, 4) is 0 Å². The fourth-order valence-corrected chi connectivity index (χ4v) is 2.88. The number of nitrogens with zero attached hydrogens (tertiary/aromatic N) is 3. The predicted molar refractivity (Wildman–Crippen MR) is 75.6 cm³/mol. The van der Waals surface area contributed by atoms with E-state index in [1.165, 1.54) is 30.9 Å². The zero-order valence-corrected chi connectivity index (χ0v) is 11.7. The number of rotatable bonds is 6. The highest BCUT2D eigenvalue weighted by atomic mass is 32.1. The first-order valence-corrected chi connectivity index (χ1v) is 7.45. The second-order valence-corrected chi connectivity index (χ2v) is 5.74. The summed E-state index contributed by atoms with van der Waals surface area (Å²) in [6.07, 6.45) is 5.15. The third kappa shape index (κ3) is 3.02. The fraction of sp³-hybridized carbons (Fsp3) is 0.357. The summed E-state index contributed by atoms with van der Waals surface area (Å²) in [4.78, 5) is 21.5. The number of aromatic nitrogens is 2. The van der Waals surface area contributed by atoms with E-state index in [4.69, 9.17) is 0 Å². The molecule has 2 aromatic rings. The predicted octanol–water partition coefficient (Wildman–Crippen LogP) is 2.40. The van der Waals surface area contributed by atoms with Crippen LogP contribution in [0.1, 0.15) is 34.5 Å². The van der Waals surface area contributed by atoms with Gasteiger partial charge < -0.3 is 5.11 Å². The van der Waals surface area contributed by atoms with E-state index >= 15 is 0 Å². The molecular weight excluding hydrogens is 274 g/mol. The van der Waals surface area contributed by atoms with E-state index in [2.05, 4.69) is 31.7 Å². The van der Waals surface area contributed by atoms with Crippen molar-refractivity contribution in [2.45, 2.75) is 32.0 Å². The van der Waals surface area contributed by atoms with Gasteiger partial charge in [0.1, 0.15) is 11.9 Å². The SMILES string of the molecule is O=C(O)c1cncnc1CN(Cc1ccsc1)C1CC1. The third-order valence-electron chi connectivity index (χ3n) is 3.41. The molecule has 5 nitrogen and oxygen atoms in total. The molecule has 1 fully saturated rings. The average molecular weight is 289 g/mol. The zero-order chi connectivity index (χ0) is 13.9. The second kappa shape index (κ2) is 5.68. The van der Waals surface area contributed by atoms with Crippen LogP contribution in [0.5, 0.6) is 0 Å². The van der Waals surface area contributed by atoms with Crippen molar-refractivity contribution < 1.29 is 9.90 Å². The first-order valence-electron chi connectivity index (χ1n) is 6.51. The minimum Gasteiger partial charge on any atom is -0.478 e. The minimum atomic E-state index is -0.966. The molecule has 0 unspecified atom stereocenters. The molecule has 0 aliphatic heterocycles. The number of aromatic carboxylic acids is 1. The topological polar surface area (TPSA) is 66.3 Å². The summed E-state index contributed by atoms with van der Waals surface area (Å²) in [5.74, 6) is -0.966. The zero-order valence-electron chi connectivity index (χ0n) is 10.9. The van der Waals surface area contributed by atoms with E-state index in [1.807, 2.05) is 0 Å². The lowest BCUT2D eigenvalue weighted by Gasteiger charge is -2.21. The molecule has 2 heterocycles. The lowest BCUT2D eigenvalue weighted by molar-refractivity contribution is 0.0693. The molecule has 0 aromatic carbocycles. The van der Waals surface area contributed by atoms with Crippen molar-refractivity contribution in [2.24, 2.45) is 0 Å². The van der Waals surface area contributed by atoms with Crippen LogP contribution in [0, 0.1) is 0 Å². The Morgan fingerprint density at radius 2 is 2.30 bits per heavy atom. The van der Waals surface area contributed by atoms with Crippen LogP contribution in [-0.4, -0.2) is 32.0 Å². The number of carboxylic acid groups (broad SMARTS) is 1. The lowest BCUT2D eigenvalue weighted by Crippen LogP contribution is -2.26. The van der Waals surface area contributed by atoms with Crippen LogP contribution in [0.4, 0.5) is 0 Å². The highest BCUT2D eigenvalue weighted by molar-refractivity contribution is 7.07. The highest BCUT2D eigenvalue weighted by Crippen LogP contribution is 2.30. The molecule has 1 aliphatic carbocycles. The maximum absolute atomic E-state index is 11.2. The van der Waals surface area contributed by atoms with Crippen LogP contribution in [0.3, 0.4) is 0 Å². The van der Waals surface area contributed by atoms with Crippen LogP contribution in [0.2, 0.25) is 0 Å². The number of carboxylic acids is 1. The molecule has 0 atom stereocenters. The quantitative estimate of drug-likeness (QED) is 0.884. The molecule has 0 radical (unpaired) electrons. The van der Waals surface area contributed by atoms with Crippen LogP contribution >= 0.6 is 11.3 Å². The Labute approximate surface area is 120 Å². The fourth-order valence-electron chi connectivity index (χ4n) is 2.22. The normalized spacial score (nSPS) is 14.7. The van der Waals surface area contributed by atoms with Gasteiger partial charge in [0, 0.05) is 25.3 Å². The summed E-state index contributed by atoms with van der Waals surface area (Å²) in [6.45, 7) is 1.40. The Morgan fingerprint density at radius 1 is 1.45 bits per heavy atom. The standard InChI is InChI=1S/C14H15N3O2S/c18-14(19)12-5-15-9-16-13(12)7-17(11-1-2-11)6-10-3-4-20-8-10/h3-5,8-9,11H,1-2,6-7H2,(H,18,19). The van der Waals surface area contributed by atoms with Gasteiger partial charge in [-0.3, -0.25) is 4.90 Å². The first-order chi connectivity index (χ1) is 9.74. The summed E-state index contributed by atoms with van der Waals surface area (Å²) in [5, 5.41) is 13.4. The van der Waals surface area contributed by atoms with Crippen LogP contribution in [-0.2, 0) is 13.1 Å². The van der Waals surface area contributed by atoms with Gasteiger partial charge in [-0.25, -0.2) is 14.8 Å². The molecule has 1 saturated carbocycles. The summed E-state index contributed by atoms with van der Waals surface area (Å²) < 4.78 is 0. The highest BCUT2D eigenvalue weighted by Gasteiger charge is 2.30. The molecule has 0 amide bonds. The molecule has 3 rings (SSSR count). The smallest absolute Gasteiger partial charge is 0.339 e. The number of hydrogen-bond donors (Lipinski definition) is 1. The molecule has 6 heteroatoms. The molecule has 0 bridgehead atoms. The Bertz CT molecular complexity index is 596. The van der Waals surface area contributed by atoms with Crippen molar-refractivity contribution >= 4 is 17.3 Å². The van der Waals surface area contributed by atoms with E-state index in [0.29, 0.717) is 18.3 Å². The van der Waals surface area contributed by atoms with Gasteiger partial charge in [-0.1, -0.05) is 0 Å². The number of carbonyl (C=O) groups is 1. The van der Waals surface area contributed by atoms with Gasteiger partial charge in [0.2, 0.25) is 0 Å². The Morgan fingerprint density at radius 3 is 2.95 bits per heavy atom.